The highest BCUT2D eigenvalue weighted by Gasteiger charge is 2.25. The van der Waals surface area contributed by atoms with Gasteiger partial charge in [0.2, 0.25) is 0 Å². The minimum Gasteiger partial charge on any atom is -0.493 e. The van der Waals surface area contributed by atoms with Gasteiger partial charge in [0.15, 0.2) is 0 Å². The van der Waals surface area contributed by atoms with Crippen LogP contribution in [-0.4, -0.2) is 32.6 Å². The summed E-state index contributed by atoms with van der Waals surface area (Å²) in [5, 5.41) is 3.56. The van der Waals surface area contributed by atoms with Crippen molar-refractivity contribution in [2.45, 2.75) is 38.3 Å². The molecule has 0 amide bonds. The first-order valence-corrected chi connectivity index (χ1v) is 9.08. The van der Waals surface area contributed by atoms with Crippen molar-refractivity contribution in [1.82, 2.24) is 5.32 Å². The van der Waals surface area contributed by atoms with E-state index in [9.17, 15) is 8.42 Å². The largest absolute Gasteiger partial charge is 0.493 e. The monoisotopic (exact) mass is 295 g/mol. The van der Waals surface area contributed by atoms with Crippen LogP contribution in [-0.2, 0) is 16.3 Å². The van der Waals surface area contributed by atoms with Gasteiger partial charge in [0, 0.05) is 18.5 Å². The molecule has 2 heterocycles. The van der Waals surface area contributed by atoms with Gasteiger partial charge in [0.1, 0.15) is 15.6 Å². The number of sulfone groups is 1. The van der Waals surface area contributed by atoms with Crippen LogP contribution in [0, 0.1) is 0 Å². The van der Waals surface area contributed by atoms with Crippen molar-refractivity contribution in [3.8, 4) is 5.75 Å². The molecule has 4 nitrogen and oxygen atoms in total. The number of fused-ring (bicyclic) bond motifs is 1. The molecule has 1 unspecified atom stereocenters. The SMILES string of the molecule is CC(NC1CCS(=O)(=O)CC1)c1ccc2c(c1)CCO2. The summed E-state index contributed by atoms with van der Waals surface area (Å²) in [5.41, 5.74) is 2.53. The second-order valence-corrected chi connectivity index (χ2v) is 8.08. The van der Waals surface area contributed by atoms with Gasteiger partial charge in [0.25, 0.3) is 0 Å². The molecule has 0 spiro atoms. The lowest BCUT2D eigenvalue weighted by molar-refractivity contribution is 0.356. The van der Waals surface area contributed by atoms with Gasteiger partial charge in [-0.1, -0.05) is 12.1 Å². The lowest BCUT2D eigenvalue weighted by atomic mass is 10.0. The Bertz CT molecular complexity index is 583. The molecule has 20 heavy (non-hydrogen) atoms. The van der Waals surface area contributed by atoms with Crippen molar-refractivity contribution >= 4 is 9.84 Å². The first-order valence-electron chi connectivity index (χ1n) is 7.25. The van der Waals surface area contributed by atoms with E-state index in [1.165, 1.54) is 11.1 Å². The maximum absolute atomic E-state index is 11.4. The summed E-state index contributed by atoms with van der Waals surface area (Å²) in [6.07, 6.45) is 2.43. The molecule has 110 valence electrons. The zero-order valence-electron chi connectivity index (χ0n) is 11.8. The van der Waals surface area contributed by atoms with E-state index in [0.717, 1.165) is 31.6 Å². The van der Waals surface area contributed by atoms with Crippen LogP contribution in [0.15, 0.2) is 18.2 Å². The Labute approximate surface area is 120 Å². The van der Waals surface area contributed by atoms with Gasteiger partial charge in [-0.2, -0.15) is 0 Å². The third-order valence-electron chi connectivity index (χ3n) is 4.25. The Morgan fingerprint density at radius 3 is 2.80 bits per heavy atom. The number of hydrogen-bond donors (Lipinski definition) is 1. The maximum atomic E-state index is 11.4. The molecule has 1 fully saturated rings. The molecular formula is C15H21NO3S. The van der Waals surface area contributed by atoms with Crippen LogP contribution in [0.4, 0.5) is 0 Å². The third-order valence-corrected chi connectivity index (χ3v) is 5.97. The Morgan fingerprint density at radius 2 is 2.05 bits per heavy atom. The van der Waals surface area contributed by atoms with E-state index in [2.05, 4.69) is 24.4 Å². The molecule has 0 aliphatic carbocycles. The summed E-state index contributed by atoms with van der Waals surface area (Å²) in [5.74, 6) is 1.63. The lowest BCUT2D eigenvalue weighted by Crippen LogP contribution is -2.38. The third kappa shape index (κ3) is 2.99. The summed E-state index contributed by atoms with van der Waals surface area (Å²) in [7, 11) is -2.78. The quantitative estimate of drug-likeness (QED) is 0.924. The minimum absolute atomic E-state index is 0.242. The Hall–Kier alpha value is -1.07. The van der Waals surface area contributed by atoms with Crippen molar-refractivity contribution in [2.75, 3.05) is 18.1 Å². The summed E-state index contributed by atoms with van der Waals surface area (Å²) in [6, 6.07) is 6.90. The fraction of sp³-hybridized carbons (Fsp3) is 0.600. The normalized spacial score (nSPS) is 23.1. The molecule has 0 aromatic heterocycles. The highest BCUT2D eigenvalue weighted by molar-refractivity contribution is 7.91. The smallest absolute Gasteiger partial charge is 0.150 e. The van der Waals surface area contributed by atoms with E-state index in [-0.39, 0.29) is 6.04 Å². The zero-order chi connectivity index (χ0) is 14.2. The van der Waals surface area contributed by atoms with Crippen molar-refractivity contribution in [2.24, 2.45) is 0 Å². The summed E-state index contributed by atoms with van der Waals surface area (Å²) < 4.78 is 28.4. The fourth-order valence-electron chi connectivity index (χ4n) is 2.98. The number of nitrogens with one attached hydrogen (secondary N) is 1. The summed E-state index contributed by atoms with van der Waals surface area (Å²) in [4.78, 5) is 0. The molecule has 5 heteroatoms. The maximum Gasteiger partial charge on any atom is 0.150 e. The molecule has 0 saturated carbocycles. The van der Waals surface area contributed by atoms with E-state index < -0.39 is 9.84 Å². The predicted octanol–water partition coefficient (Wildman–Crippen LogP) is 1.85. The van der Waals surface area contributed by atoms with Crippen LogP contribution in [0.25, 0.3) is 0 Å². The number of ether oxygens (including phenoxy) is 1. The van der Waals surface area contributed by atoms with Crippen LogP contribution < -0.4 is 10.1 Å². The van der Waals surface area contributed by atoms with E-state index in [4.69, 9.17) is 4.74 Å². The van der Waals surface area contributed by atoms with Gasteiger partial charge in [-0.15, -0.1) is 0 Å². The molecule has 1 saturated heterocycles. The van der Waals surface area contributed by atoms with Gasteiger partial charge in [-0.05, 0) is 37.0 Å². The average Bonchev–Trinajstić information content (AvgIpc) is 2.88. The topological polar surface area (TPSA) is 55.4 Å². The molecule has 1 aromatic rings. The first-order chi connectivity index (χ1) is 9.53. The Balaban J connectivity index is 1.63. The van der Waals surface area contributed by atoms with E-state index in [1.807, 2.05) is 6.07 Å². The molecule has 1 aromatic carbocycles. The molecule has 2 aliphatic rings. The summed E-state index contributed by atoms with van der Waals surface area (Å²) >= 11 is 0. The molecule has 1 N–H and O–H groups in total. The van der Waals surface area contributed by atoms with Crippen LogP contribution in [0.3, 0.4) is 0 Å². The zero-order valence-corrected chi connectivity index (χ0v) is 12.6. The van der Waals surface area contributed by atoms with Crippen LogP contribution >= 0.6 is 0 Å². The molecule has 3 rings (SSSR count). The van der Waals surface area contributed by atoms with Gasteiger partial charge in [0.05, 0.1) is 18.1 Å². The van der Waals surface area contributed by atoms with Crippen molar-refractivity contribution in [1.29, 1.82) is 0 Å². The second-order valence-electron chi connectivity index (χ2n) is 5.78. The van der Waals surface area contributed by atoms with Crippen LogP contribution in [0.1, 0.15) is 36.9 Å². The summed E-state index contributed by atoms with van der Waals surface area (Å²) in [6.45, 7) is 2.92. The molecule has 0 radical (unpaired) electrons. The van der Waals surface area contributed by atoms with Crippen molar-refractivity contribution < 1.29 is 13.2 Å². The molecular weight excluding hydrogens is 274 g/mol. The first kappa shape index (κ1) is 13.9. The minimum atomic E-state index is -2.78. The Kier molecular flexibility index (Phi) is 3.73. The number of benzene rings is 1. The Morgan fingerprint density at radius 1 is 1.30 bits per heavy atom. The second kappa shape index (κ2) is 5.37. The molecule has 0 bridgehead atoms. The van der Waals surface area contributed by atoms with E-state index in [0.29, 0.717) is 17.5 Å². The lowest BCUT2D eigenvalue weighted by Gasteiger charge is -2.27. The van der Waals surface area contributed by atoms with E-state index >= 15 is 0 Å². The van der Waals surface area contributed by atoms with Crippen LogP contribution in [0.2, 0.25) is 0 Å². The van der Waals surface area contributed by atoms with Gasteiger partial charge < -0.3 is 10.1 Å². The van der Waals surface area contributed by atoms with Gasteiger partial charge >= 0.3 is 0 Å². The van der Waals surface area contributed by atoms with E-state index in [1.54, 1.807) is 0 Å². The van der Waals surface area contributed by atoms with Gasteiger partial charge in [-0.3, -0.25) is 0 Å². The highest BCUT2D eigenvalue weighted by Crippen LogP contribution is 2.28. The number of rotatable bonds is 3. The van der Waals surface area contributed by atoms with Gasteiger partial charge in [-0.25, -0.2) is 8.42 Å². The van der Waals surface area contributed by atoms with Crippen molar-refractivity contribution in [3.05, 3.63) is 29.3 Å². The number of hydrogen-bond acceptors (Lipinski definition) is 4. The highest BCUT2D eigenvalue weighted by atomic mass is 32.2. The van der Waals surface area contributed by atoms with Crippen LogP contribution in [0.5, 0.6) is 5.75 Å². The average molecular weight is 295 g/mol. The predicted molar refractivity (Wildman–Crippen MR) is 78.9 cm³/mol. The fourth-order valence-corrected chi connectivity index (χ4v) is 4.47. The van der Waals surface area contributed by atoms with Crippen molar-refractivity contribution in [3.63, 3.8) is 0 Å². The molecule has 1 atom stereocenters. The standard InChI is InChI=1S/C15H21NO3S/c1-11(16-14-5-8-20(17,18)9-6-14)12-2-3-15-13(10-12)4-7-19-15/h2-3,10-11,14,16H,4-9H2,1H3. The molecule has 2 aliphatic heterocycles.